The maximum Gasteiger partial charge on any atom is 0.395 e. The number of hydrogen-bond acceptors (Lipinski definition) is 0. The quantitative estimate of drug-likeness (QED) is 0.467. The molecule has 10 heavy (non-hydrogen) atoms. The lowest BCUT2D eigenvalue weighted by Gasteiger charge is -2.18. The number of halogens is 3. The third-order valence-corrected chi connectivity index (χ3v) is 1.54. The van der Waals surface area contributed by atoms with Crippen LogP contribution in [0, 0.1) is 5.92 Å². The maximum absolute atomic E-state index is 12.0. The largest absolute Gasteiger partial charge is 0.395 e. The molecule has 0 aromatic heterocycles. The van der Waals surface area contributed by atoms with E-state index in [2.05, 4.69) is 0 Å². The Labute approximate surface area is 59.1 Å². The molecule has 0 saturated heterocycles. The number of alkyl halides is 3. The number of rotatable bonds is 0. The van der Waals surface area contributed by atoms with Gasteiger partial charge < -0.3 is 0 Å². The highest BCUT2D eigenvalue weighted by Gasteiger charge is 2.37. The first kappa shape index (κ1) is 6.25. The fourth-order valence-corrected chi connectivity index (χ4v) is 0.954. The lowest BCUT2D eigenvalue weighted by molar-refractivity contribution is -0.163. The molecular weight excluding hydrogens is 141 g/mol. The Morgan fingerprint density at radius 1 is 1.50 bits per heavy atom. The fourth-order valence-electron chi connectivity index (χ4n) is 0.954. The molecule has 0 fully saturated rings. The lowest BCUT2D eigenvalue weighted by Crippen LogP contribution is -2.22. The summed E-state index contributed by atoms with van der Waals surface area (Å²) in [5.41, 5.74) is 0. The van der Waals surface area contributed by atoms with Gasteiger partial charge in [0.25, 0.3) is 0 Å². The number of allylic oxidation sites excluding steroid dienone is 2. The maximum atomic E-state index is 12.0. The highest BCUT2D eigenvalue weighted by Crippen LogP contribution is 2.33. The minimum absolute atomic E-state index is 0.0637. The molecule has 0 aliphatic heterocycles. The fraction of sp³-hybridized carbons (Fsp3) is 0.714. The van der Waals surface area contributed by atoms with E-state index in [4.69, 9.17) is 1.37 Å². The topological polar surface area (TPSA) is 0 Å². The number of hydrogen-bond donors (Lipinski definition) is 0. The van der Waals surface area contributed by atoms with Crippen molar-refractivity contribution in [3.05, 3.63) is 12.2 Å². The van der Waals surface area contributed by atoms with Crippen molar-refractivity contribution in [3.8, 4) is 0 Å². The van der Waals surface area contributed by atoms with E-state index in [1.54, 1.807) is 0 Å². The van der Waals surface area contributed by atoms with Gasteiger partial charge >= 0.3 is 6.18 Å². The van der Waals surface area contributed by atoms with Gasteiger partial charge in [0.15, 0.2) is 0 Å². The highest BCUT2D eigenvalue weighted by atomic mass is 19.4. The first-order chi connectivity index (χ1) is 5.00. The molecule has 0 amide bonds. The monoisotopic (exact) mass is 151 g/mol. The minimum atomic E-state index is -4.11. The molecule has 0 heterocycles. The van der Waals surface area contributed by atoms with Crippen molar-refractivity contribution in [2.24, 2.45) is 5.92 Å². The predicted molar refractivity (Wildman–Crippen MR) is 32.5 cm³/mol. The Morgan fingerprint density at radius 3 is 2.60 bits per heavy atom. The molecular formula is C7H9F3. The normalized spacial score (nSPS) is 35.7. The van der Waals surface area contributed by atoms with Crippen molar-refractivity contribution < 1.29 is 14.5 Å². The summed E-state index contributed by atoms with van der Waals surface area (Å²) in [5.74, 6) is -1.32. The van der Waals surface area contributed by atoms with Gasteiger partial charge in [0.1, 0.15) is 0 Å². The van der Waals surface area contributed by atoms with Crippen molar-refractivity contribution >= 4 is 0 Å². The summed E-state index contributed by atoms with van der Waals surface area (Å²) in [4.78, 5) is 0. The summed E-state index contributed by atoms with van der Waals surface area (Å²) in [5, 5.41) is 0. The molecule has 2 atom stereocenters. The van der Waals surface area contributed by atoms with Crippen LogP contribution in [0.5, 0.6) is 0 Å². The average molecular weight is 151 g/mol. The molecule has 58 valence electrons. The van der Waals surface area contributed by atoms with Gasteiger partial charge in [-0.2, -0.15) is 13.2 Å². The van der Waals surface area contributed by atoms with Crippen molar-refractivity contribution in [2.45, 2.75) is 25.4 Å². The summed E-state index contributed by atoms with van der Waals surface area (Å²) in [7, 11) is 0. The molecule has 2 unspecified atom stereocenters. The Balaban J connectivity index is 2.57. The molecule has 0 bridgehead atoms. The molecule has 0 N–H and O–H groups in total. The molecule has 0 aromatic carbocycles. The van der Waals surface area contributed by atoms with Crippen LogP contribution in [0.3, 0.4) is 0 Å². The van der Waals surface area contributed by atoms with Crippen molar-refractivity contribution in [1.82, 2.24) is 0 Å². The van der Waals surface area contributed by atoms with Gasteiger partial charge in [-0.25, -0.2) is 0 Å². The first-order valence-corrected chi connectivity index (χ1v) is 3.17. The SMILES string of the molecule is [2H]C1C=CC(C(F)(F)F)CC1. The van der Waals surface area contributed by atoms with Gasteiger partial charge in [-0.05, 0) is 19.2 Å². The van der Waals surface area contributed by atoms with E-state index in [9.17, 15) is 13.2 Å². The molecule has 0 aromatic rings. The zero-order valence-corrected chi connectivity index (χ0v) is 5.36. The van der Waals surface area contributed by atoms with Crippen LogP contribution in [0.25, 0.3) is 0 Å². The Morgan fingerprint density at radius 2 is 2.20 bits per heavy atom. The summed E-state index contributed by atoms with van der Waals surface area (Å²) >= 11 is 0. The molecule has 0 nitrogen and oxygen atoms in total. The van der Waals surface area contributed by atoms with Crippen molar-refractivity contribution in [3.63, 3.8) is 0 Å². The van der Waals surface area contributed by atoms with Crippen molar-refractivity contribution in [2.75, 3.05) is 0 Å². The Kier molecular flexibility index (Phi) is 1.65. The van der Waals surface area contributed by atoms with E-state index in [1.807, 2.05) is 0 Å². The van der Waals surface area contributed by atoms with E-state index in [0.29, 0.717) is 6.42 Å². The van der Waals surface area contributed by atoms with Crippen LogP contribution in [0.1, 0.15) is 20.6 Å². The van der Waals surface area contributed by atoms with E-state index in [1.165, 1.54) is 6.08 Å². The Bertz CT molecular complexity index is 162. The molecule has 1 rings (SSSR count). The van der Waals surface area contributed by atoms with Crippen LogP contribution >= 0.6 is 0 Å². The van der Waals surface area contributed by atoms with E-state index in [0.717, 1.165) is 6.08 Å². The Hall–Kier alpha value is -0.470. The van der Waals surface area contributed by atoms with Gasteiger partial charge in [0.05, 0.1) is 5.92 Å². The zero-order valence-electron chi connectivity index (χ0n) is 6.36. The molecule has 0 saturated carbocycles. The smallest absolute Gasteiger partial charge is 0.170 e. The van der Waals surface area contributed by atoms with Gasteiger partial charge in [-0.15, -0.1) is 0 Å². The van der Waals surface area contributed by atoms with Crippen LogP contribution in [0.15, 0.2) is 12.2 Å². The van der Waals surface area contributed by atoms with Crippen LogP contribution in [0.4, 0.5) is 13.2 Å². The average Bonchev–Trinajstić information content (AvgIpc) is 1.86. The van der Waals surface area contributed by atoms with Gasteiger partial charge in [0, 0.05) is 1.37 Å². The van der Waals surface area contributed by atoms with E-state index in [-0.39, 0.29) is 6.42 Å². The standard InChI is InChI=1S/C7H9F3/c8-7(9,10)6-4-2-1-3-5-6/h2,4,6H,1,3,5H2/i1D. The first-order valence-electron chi connectivity index (χ1n) is 3.75. The van der Waals surface area contributed by atoms with E-state index < -0.39 is 18.5 Å². The van der Waals surface area contributed by atoms with Gasteiger partial charge in [0.2, 0.25) is 0 Å². The second-order valence-corrected chi connectivity index (χ2v) is 2.35. The van der Waals surface area contributed by atoms with Crippen LogP contribution in [0.2, 0.25) is 0 Å². The lowest BCUT2D eigenvalue weighted by atomic mass is 9.96. The zero-order chi connectivity index (χ0) is 8.48. The van der Waals surface area contributed by atoms with E-state index >= 15 is 0 Å². The summed E-state index contributed by atoms with van der Waals surface area (Å²) in [6.45, 7) is 0. The summed E-state index contributed by atoms with van der Waals surface area (Å²) in [6.07, 6.45) is -1.75. The second-order valence-electron chi connectivity index (χ2n) is 2.35. The molecule has 1 aliphatic carbocycles. The van der Waals surface area contributed by atoms with Crippen molar-refractivity contribution in [1.29, 1.82) is 0 Å². The summed E-state index contributed by atoms with van der Waals surface area (Å²) < 4.78 is 43.0. The molecule has 0 radical (unpaired) electrons. The molecule has 0 spiro atoms. The van der Waals surface area contributed by atoms with Crippen LogP contribution in [-0.4, -0.2) is 6.18 Å². The van der Waals surface area contributed by atoms with Crippen LogP contribution < -0.4 is 0 Å². The predicted octanol–water partition coefficient (Wildman–Crippen LogP) is 2.91. The van der Waals surface area contributed by atoms with Gasteiger partial charge in [-0.1, -0.05) is 12.2 Å². The molecule has 1 aliphatic rings. The van der Waals surface area contributed by atoms with Crippen LogP contribution in [-0.2, 0) is 0 Å². The molecule has 3 heteroatoms. The third kappa shape index (κ3) is 1.75. The third-order valence-electron chi connectivity index (χ3n) is 1.54. The summed E-state index contributed by atoms with van der Waals surface area (Å²) in [6, 6.07) is 0. The minimum Gasteiger partial charge on any atom is -0.170 e. The second kappa shape index (κ2) is 2.64. The van der Waals surface area contributed by atoms with Gasteiger partial charge in [-0.3, -0.25) is 0 Å². The highest BCUT2D eigenvalue weighted by molar-refractivity contribution is 4.95.